The van der Waals surface area contributed by atoms with E-state index in [2.05, 4.69) is 32.3 Å². The number of hydrogen-bond donors (Lipinski definition) is 1. The van der Waals surface area contributed by atoms with Gasteiger partial charge >= 0.3 is 0 Å². The molecule has 2 aliphatic rings. The van der Waals surface area contributed by atoms with Crippen molar-refractivity contribution in [3.63, 3.8) is 0 Å². The van der Waals surface area contributed by atoms with Gasteiger partial charge in [0.05, 0.1) is 5.52 Å². The molecule has 3 aromatic rings. The third-order valence-corrected chi connectivity index (χ3v) is 5.99. The van der Waals surface area contributed by atoms with Gasteiger partial charge in [-0.2, -0.15) is 0 Å². The minimum absolute atomic E-state index is 0.104. The third-order valence-electron chi connectivity index (χ3n) is 5.99. The Labute approximate surface area is 181 Å². The quantitative estimate of drug-likeness (QED) is 0.682. The van der Waals surface area contributed by atoms with Gasteiger partial charge in [-0.15, -0.1) is 0 Å². The van der Waals surface area contributed by atoms with Crippen LogP contribution in [0.3, 0.4) is 0 Å². The Kier molecular flexibility index (Phi) is 5.28. The van der Waals surface area contributed by atoms with E-state index in [1.807, 2.05) is 29.2 Å². The molecule has 0 spiro atoms. The van der Waals surface area contributed by atoms with Gasteiger partial charge in [0.25, 0.3) is 5.88 Å². The number of anilines is 2. The summed E-state index contributed by atoms with van der Waals surface area (Å²) < 4.78 is 6.19. The van der Waals surface area contributed by atoms with E-state index in [1.54, 1.807) is 19.3 Å². The van der Waals surface area contributed by atoms with Crippen LogP contribution in [-0.4, -0.2) is 64.1 Å². The largest absolute Gasteiger partial charge is 0.472 e. The van der Waals surface area contributed by atoms with Gasteiger partial charge in [0.15, 0.2) is 5.82 Å². The van der Waals surface area contributed by atoms with Crippen molar-refractivity contribution in [2.24, 2.45) is 0 Å². The highest BCUT2D eigenvalue weighted by Gasteiger charge is 2.33. The molecule has 3 heterocycles. The van der Waals surface area contributed by atoms with Crippen LogP contribution in [0.15, 0.2) is 48.8 Å². The number of pyridine rings is 1. The van der Waals surface area contributed by atoms with E-state index in [4.69, 9.17) is 9.72 Å². The van der Waals surface area contributed by atoms with Crippen LogP contribution >= 0.6 is 0 Å². The summed E-state index contributed by atoms with van der Waals surface area (Å²) in [5, 5.41) is 4.65. The van der Waals surface area contributed by atoms with Gasteiger partial charge in [-0.3, -0.25) is 4.79 Å². The van der Waals surface area contributed by atoms with Crippen molar-refractivity contribution in [1.29, 1.82) is 0 Å². The number of para-hydroxylation sites is 1. The van der Waals surface area contributed by atoms with Crippen molar-refractivity contribution >= 4 is 28.4 Å². The van der Waals surface area contributed by atoms with Gasteiger partial charge in [0.1, 0.15) is 11.9 Å². The molecule has 160 valence electrons. The molecule has 8 nitrogen and oxygen atoms in total. The molecule has 0 radical (unpaired) electrons. The van der Waals surface area contributed by atoms with E-state index in [9.17, 15) is 4.79 Å². The predicted octanol–water partition coefficient (Wildman–Crippen LogP) is 2.72. The number of amides is 1. The number of piperazine rings is 1. The first-order chi connectivity index (χ1) is 15.2. The second kappa shape index (κ2) is 8.37. The van der Waals surface area contributed by atoms with E-state index in [-0.39, 0.29) is 12.0 Å². The van der Waals surface area contributed by atoms with Crippen LogP contribution in [0.2, 0.25) is 0 Å². The van der Waals surface area contributed by atoms with Crippen molar-refractivity contribution in [3.8, 4) is 5.88 Å². The van der Waals surface area contributed by atoms with Gasteiger partial charge < -0.3 is 19.9 Å². The summed E-state index contributed by atoms with van der Waals surface area (Å²) in [6.07, 6.45) is 5.24. The van der Waals surface area contributed by atoms with Crippen molar-refractivity contribution in [3.05, 3.63) is 48.8 Å². The number of rotatable bonds is 5. The van der Waals surface area contributed by atoms with E-state index in [0.29, 0.717) is 25.0 Å². The van der Waals surface area contributed by atoms with Crippen LogP contribution in [0.1, 0.15) is 19.8 Å². The zero-order valence-electron chi connectivity index (χ0n) is 17.6. The van der Waals surface area contributed by atoms with Gasteiger partial charge in [-0.1, -0.05) is 18.2 Å². The normalized spacial score (nSPS) is 20.9. The van der Waals surface area contributed by atoms with Crippen LogP contribution in [0, 0.1) is 0 Å². The molecular formula is C23H26N6O2. The lowest BCUT2D eigenvalue weighted by atomic mass is 9.89. The molecule has 31 heavy (non-hydrogen) atoms. The summed E-state index contributed by atoms with van der Waals surface area (Å²) in [6.45, 7) is 4.47. The molecule has 1 N–H and O–H groups in total. The van der Waals surface area contributed by atoms with Crippen molar-refractivity contribution in [2.45, 2.75) is 31.9 Å². The Morgan fingerprint density at radius 1 is 1.03 bits per heavy atom. The molecule has 1 aliphatic carbocycles. The number of carbonyl (C=O) groups excluding carboxylic acids is 1. The Morgan fingerprint density at radius 2 is 1.81 bits per heavy atom. The third kappa shape index (κ3) is 4.23. The average Bonchev–Trinajstić information content (AvgIpc) is 2.78. The average molecular weight is 419 g/mol. The predicted molar refractivity (Wildman–Crippen MR) is 119 cm³/mol. The number of fused-ring (bicyclic) bond motifs is 1. The Morgan fingerprint density at radius 3 is 2.61 bits per heavy atom. The van der Waals surface area contributed by atoms with E-state index in [1.165, 1.54) is 0 Å². The summed E-state index contributed by atoms with van der Waals surface area (Å²) in [6, 6.07) is 12.6. The van der Waals surface area contributed by atoms with Crippen LogP contribution < -0.4 is 15.0 Å². The Hall–Kier alpha value is -3.42. The maximum atomic E-state index is 11.6. The second-order valence-corrected chi connectivity index (χ2v) is 8.12. The molecule has 0 atom stereocenters. The highest BCUT2D eigenvalue weighted by atomic mass is 16.5. The summed E-state index contributed by atoms with van der Waals surface area (Å²) in [5.41, 5.74) is 0.994. The minimum Gasteiger partial charge on any atom is -0.472 e. The van der Waals surface area contributed by atoms with Crippen LogP contribution in [0.25, 0.3) is 10.9 Å². The standard InChI is InChI=1S/C23H26N6O2/c1-16(30)28-10-12-29(13-11-28)22-23(25-9-8-24-22)31-19-14-18(15-19)26-21-7-6-17-4-2-3-5-20(17)27-21/h2-9,18-19H,10-15H2,1H3,(H,26,27)/t18-,19+. The Bertz CT molecular complexity index is 1080. The fourth-order valence-corrected chi connectivity index (χ4v) is 4.14. The lowest BCUT2D eigenvalue weighted by Crippen LogP contribution is -2.48. The summed E-state index contributed by atoms with van der Waals surface area (Å²) in [4.78, 5) is 29.2. The fourth-order valence-electron chi connectivity index (χ4n) is 4.14. The summed E-state index contributed by atoms with van der Waals surface area (Å²) >= 11 is 0. The highest BCUT2D eigenvalue weighted by Crippen LogP contribution is 2.32. The van der Waals surface area contributed by atoms with Gasteiger partial charge in [0.2, 0.25) is 5.91 Å². The number of aromatic nitrogens is 3. The van der Waals surface area contributed by atoms with Crippen LogP contribution in [0.4, 0.5) is 11.6 Å². The van der Waals surface area contributed by atoms with Crippen molar-refractivity contribution in [1.82, 2.24) is 19.9 Å². The molecule has 2 aromatic heterocycles. The van der Waals surface area contributed by atoms with E-state index in [0.717, 1.165) is 48.5 Å². The first kappa shape index (κ1) is 19.5. The molecule has 0 unspecified atom stereocenters. The number of nitrogens with one attached hydrogen (secondary N) is 1. The van der Waals surface area contributed by atoms with Gasteiger partial charge in [-0.05, 0) is 18.2 Å². The molecule has 5 rings (SSSR count). The number of benzene rings is 1. The van der Waals surface area contributed by atoms with Crippen LogP contribution in [-0.2, 0) is 4.79 Å². The first-order valence-corrected chi connectivity index (χ1v) is 10.8. The monoisotopic (exact) mass is 418 g/mol. The van der Waals surface area contributed by atoms with Gasteiger partial charge in [-0.25, -0.2) is 15.0 Å². The number of hydrogen-bond acceptors (Lipinski definition) is 7. The molecule has 8 heteroatoms. The number of carbonyl (C=O) groups is 1. The SMILES string of the molecule is CC(=O)N1CCN(c2nccnc2O[C@H]2C[C@@H](Nc3ccc4ccccc4n3)C2)CC1. The molecular weight excluding hydrogens is 392 g/mol. The molecule has 1 aromatic carbocycles. The fraction of sp³-hybridized carbons (Fsp3) is 0.391. The number of ether oxygens (including phenoxy) is 1. The molecule has 1 amide bonds. The molecule has 1 aliphatic heterocycles. The zero-order chi connectivity index (χ0) is 21.2. The maximum Gasteiger partial charge on any atom is 0.257 e. The van der Waals surface area contributed by atoms with Gasteiger partial charge in [0, 0.05) is 69.8 Å². The molecule has 0 bridgehead atoms. The van der Waals surface area contributed by atoms with E-state index >= 15 is 0 Å². The molecule has 2 fully saturated rings. The van der Waals surface area contributed by atoms with Crippen molar-refractivity contribution < 1.29 is 9.53 Å². The highest BCUT2D eigenvalue weighted by molar-refractivity contribution is 5.80. The zero-order valence-corrected chi connectivity index (χ0v) is 17.6. The topological polar surface area (TPSA) is 83.5 Å². The second-order valence-electron chi connectivity index (χ2n) is 8.12. The minimum atomic E-state index is 0.104. The first-order valence-electron chi connectivity index (χ1n) is 10.8. The van der Waals surface area contributed by atoms with E-state index < -0.39 is 0 Å². The smallest absolute Gasteiger partial charge is 0.257 e. The lowest BCUT2D eigenvalue weighted by Gasteiger charge is -2.38. The van der Waals surface area contributed by atoms with Crippen molar-refractivity contribution in [2.75, 3.05) is 36.4 Å². The maximum absolute atomic E-state index is 11.6. The van der Waals surface area contributed by atoms with Crippen LogP contribution in [0.5, 0.6) is 5.88 Å². The summed E-state index contributed by atoms with van der Waals surface area (Å²) in [7, 11) is 0. The summed E-state index contributed by atoms with van der Waals surface area (Å²) in [5.74, 6) is 2.35. The Balaban J connectivity index is 1.17. The molecule has 1 saturated heterocycles. The lowest BCUT2D eigenvalue weighted by molar-refractivity contribution is -0.129. The number of nitrogens with zero attached hydrogens (tertiary/aromatic N) is 5. The molecule has 1 saturated carbocycles.